The van der Waals surface area contributed by atoms with E-state index >= 15 is 0 Å². The molecule has 0 aliphatic rings. The minimum Gasteiger partial charge on any atom is -0.394 e. The first-order valence-electron chi connectivity index (χ1n) is 6.02. The lowest BCUT2D eigenvalue weighted by Gasteiger charge is -2.28. The van der Waals surface area contributed by atoms with Gasteiger partial charge in [0.25, 0.3) is 0 Å². The summed E-state index contributed by atoms with van der Waals surface area (Å²) in [5.41, 5.74) is -0.114. The number of hydrogen-bond acceptors (Lipinski definition) is 5. The maximum absolute atomic E-state index is 11.8. The highest BCUT2D eigenvalue weighted by Gasteiger charge is 2.29. The van der Waals surface area contributed by atoms with E-state index in [4.69, 9.17) is 15.3 Å². The van der Waals surface area contributed by atoms with Gasteiger partial charge in [0.15, 0.2) is 0 Å². The standard InChI is InChI=1S/C13H18N2O5/c16-6-13(7-17,8-18)15-12(20)5-10-1-3-11(4-2-10)14-9-19/h1-4,9,16-18H,5-8H2,(H,14,19)(H,15,20). The second kappa shape index (κ2) is 7.59. The summed E-state index contributed by atoms with van der Waals surface area (Å²) in [4.78, 5) is 22.0. The minimum atomic E-state index is -1.42. The number of aliphatic hydroxyl groups is 3. The Balaban J connectivity index is 2.63. The average molecular weight is 282 g/mol. The third-order valence-electron chi connectivity index (χ3n) is 2.86. The Hall–Kier alpha value is -1.96. The van der Waals surface area contributed by atoms with Crippen molar-refractivity contribution in [3.05, 3.63) is 29.8 Å². The van der Waals surface area contributed by atoms with Crippen LogP contribution >= 0.6 is 0 Å². The van der Waals surface area contributed by atoms with Gasteiger partial charge >= 0.3 is 0 Å². The van der Waals surface area contributed by atoms with Crippen molar-refractivity contribution >= 4 is 18.0 Å². The monoisotopic (exact) mass is 282 g/mol. The second-order valence-corrected chi connectivity index (χ2v) is 4.44. The highest BCUT2D eigenvalue weighted by Crippen LogP contribution is 2.10. The highest BCUT2D eigenvalue weighted by atomic mass is 16.3. The fourth-order valence-corrected chi connectivity index (χ4v) is 1.58. The third-order valence-corrected chi connectivity index (χ3v) is 2.86. The summed E-state index contributed by atoms with van der Waals surface area (Å²) < 4.78 is 0. The Labute approximate surface area is 116 Å². The molecule has 0 spiro atoms. The van der Waals surface area contributed by atoms with Crippen LogP contribution in [0.3, 0.4) is 0 Å². The first-order valence-corrected chi connectivity index (χ1v) is 6.02. The largest absolute Gasteiger partial charge is 0.394 e. The number of carbonyl (C=O) groups excluding carboxylic acids is 2. The molecule has 7 heteroatoms. The predicted octanol–water partition coefficient (Wildman–Crippen LogP) is -1.37. The topological polar surface area (TPSA) is 119 Å². The van der Waals surface area contributed by atoms with E-state index in [1.54, 1.807) is 24.3 Å². The molecule has 0 atom stereocenters. The molecule has 0 unspecified atom stereocenters. The van der Waals surface area contributed by atoms with Crippen molar-refractivity contribution in [1.29, 1.82) is 0 Å². The van der Waals surface area contributed by atoms with E-state index in [0.717, 1.165) is 0 Å². The number of aliphatic hydroxyl groups excluding tert-OH is 3. The van der Waals surface area contributed by atoms with Crippen LogP contribution in [0.1, 0.15) is 5.56 Å². The van der Waals surface area contributed by atoms with E-state index < -0.39 is 31.3 Å². The van der Waals surface area contributed by atoms with Crippen molar-refractivity contribution in [1.82, 2.24) is 5.32 Å². The van der Waals surface area contributed by atoms with Crippen LogP contribution in [-0.2, 0) is 16.0 Å². The van der Waals surface area contributed by atoms with E-state index in [0.29, 0.717) is 17.7 Å². The van der Waals surface area contributed by atoms with E-state index in [-0.39, 0.29) is 6.42 Å². The lowest BCUT2D eigenvalue weighted by atomic mass is 10.0. The van der Waals surface area contributed by atoms with E-state index in [1.807, 2.05) is 0 Å². The molecule has 20 heavy (non-hydrogen) atoms. The number of rotatable bonds is 8. The van der Waals surface area contributed by atoms with Gasteiger partial charge in [-0.2, -0.15) is 0 Å². The van der Waals surface area contributed by atoms with Crippen LogP contribution in [0.5, 0.6) is 0 Å². The molecule has 1 aromatic carbocycles. The quantitative estimate of drug-likeness (QED) is 0.377. The van der Waals surface area contributed by atoms with Crippen molar-refractivity contribution in [3.63, 3.8) is 0 Å². The molecule has 110 valence electrons. The maximum atomic E-state index is 11.8. The molecule has 0 aliphatic carbocycles. The van der Waals surface area contributed by atoms with Gasteiger partial charge in [-0.25, -0.2) is 0 Å². The van der Waals surface area contributed by atoms with E-state index in [1.165, 1.54) is 0 Å². The minimum absolute atomic E-state index is 0.0309. The zero-order chi connectivity index (χ0) is 15.0. The van der Waals surface area contributed by atoms with Crippen LogP contribution in [0.25, 0.3) is 0 Å². The summed E-state index contributed by atoms with van der Waals surface area (Å²) in [6.45, 7) is -1.68. The molecule has 0 saturated heterocycles. The molecule has 1 rings (SSSR count). The summed E-state index contributed by atoms with van der Waals surface area (Å²) in [5.74, 6) is -0.432. The van der Waals surface area contributed by atoms with Gasteiger partial charge in [0.1, 0.15) is 5.54 Å². The number of nitrogens with one attached hydrogen (secondary N) is 2. The molecule has 0 heterocycles. The summed E-state index contributed by atoms with van der Waals surface area (Å²) in [6.07, 6.45) is 0.586. The van der Waals surface area contributed by atoms with Crippen molar-refractivity contribution in [3.8, 4) is 0 Å². The zero-order valence-electron chi connectivity index (χ0n) is 10.9. The van der Waals surface area contributed by atoms with Crippen molar-refractivity contribution < 1.29 is 24.9 Å². The van der Waals surface area contributed by atoms with E-state index in [2.05, 4.69) is 10.6 Å². The Morgan fingerprint density at radius 1 is 1.10 bits per heavy atom. The Morgan fingerprint density at radius 3 is 2.10 bits per heavy atom. The van der Waals surface area contributed by atoms with Crippen molar-refractivity contribution in [2.75, 3.05) is 25.1 Å². The smallest absolute Gasteiger partial charge is 0.225 e. The summed E-state index contributed by atoms with van der Waals surface area (Å²) >= 11 is 0. The van der Waals surface area contributed by atoms with Crippen molar-refractivity contribution in [2.45, 2.75) is 12.0 Å². The molecule has 0 bridgehead atoms. The molecular weight excluding hydrogens is 264 g/mol. The van der Waals surface area contributed by atoms with Gasteiger partial charge in [0.05, 0.1) is 26.2 Å². The van der Waals surface area contributed by atoms with Crippen LogP contribution in [0, 0.1) is 0 Å². The Kier molecular flexibility index (Phi) is 6.10. The normalized spacial score (nSPS) is 10.9. The molecule has 0 radical (unpaired) electrons. The van der Waals surface area contributed by atoms with Gasteiger partial charge in [0.2, 0.25) is 12.3 Å². The summed E-state index contributed by atoms with van der Waals surface area (Å²) in [7, 11) is 0. The Morgan fingerprint density at radius 2 is 1.65 bits per heavy atom. The number of carbonyl (C=O) groups is 2. The van der Waals surface area contributed by atoms with Crippen molar-refractivity contribution in [2.24, 2.45) is 0 Å². The van der Waals surface area contributed by atoms with Crippen LogP contribution < -0.4 is 10.6 Å². The number of anilines is 1. The zero-order valence-corrected chi connectivity index (χ0v) is 10.9. The average Bonchev–Trinajstić information content (AvgIpc) is 2.47. The fourth-order valence-electron chi connectivity index (χ4n) is 1.58. The van der Waals surface area contributed by atoms with Crippen LogP contribution in [-0.4, -0.2) is 53.0 Å². The number of amides is 2. The molecule has 0 aliphatic heterocycles. The number of benzene rings is 1. The fraction of sp³-hybridized carbons (Fsp3) is 0.385. The molecule has 0 saturated carbocycles. The maximum Gasteiger partial charge on any atom is 0.225 e. The van der Waals surface area contributed by atoms with Crippen LogP contribution in [0.15, 0.2) is 24.3 Å². The molecule has 5 N–H and O–H groups in total. The Bertz CT molecular complexity index is 434. The van der Waals surface area contributed by atoms with Gasteiger partial charge < -0.3 is 26.0 Å². The van der Waals surface area contributed by atoms with E-state index in [9.17, 15) is 9.59 Å². The lowest BCUT2D eigenvalue weighted by Crippen LogP contribution is -2.57. The molecule has 1 aromatic rings. The molecular formula is C13H18N2O5. The summed E-state index contributed by atoms with van der Waals surface area (Å²) in [6, 6.07) is 6.64. The van der Waals surface area contributed by atoms with Gasteiger partial charge in [-0.3, -0.25) is 9.59 Å². The SMILES string of the molecule is O=CNc1ccc(CC(=O)NC(CO)(CO)CO)cc1. The molecule has 0 aromatic heterocycles. The van der Waals surface area contributed by atoms with Gasteiger partial charge in [-0.1, -0.05) is 12.1 Å². The summed E-state index contributed by atoms with van der Waals surface area (Å²) in [5, 5.41) is 32.2. The highest BCUT2D eigenvalue weighted by molar-refractivity contribution is 5.80. The van der Waals surface area contributed by atoms with Gasteiger partial charge in [-0.05, 0) is 17.7 Å². The molecule has 2 amide bonds. The predicted molar refractivity (Wildman–Crippen MR) is 72.0 cm³/mol. The third kappa shape index (κ3) is 4.30. The van der Waals surface area contributed by atoms with Gasteiger partial charge in [-0.15, -0.1) is 0 Å². The molecule has 7 nitrogen and oxygen atoms in total. The lowest BCUT2D eigenvalue weighted by molar-refractivity contribution is -0.124. The second-order valence-electron chi connectivity index (χ2n) is 4.44. The van der Waals surface area contributed by atoms with Crippen LogP contribution in [0.4, 0.5) is 5.69 Å². The first-order chi connectivity index (χ1) is 9.59. The number of hydrogen-bond donors (Lipinski definition) is 5. The molecule has 0 fully saturated rings. The first kappa shape index (κ1) is 16.1. The van der Waals surface area contributed by atoms with Gasteiger partial charge in [0, 0.05) is 5.69 Å². The van der Waals surface area contributed by atoms with Crippen LogP contribution in [0.2, 0.25) is 0 Å².